The molecule has 13 nitrogen and oxygen atoms in total. The Labute approximate surface area is 220 Å². The van der Waals surface area contributed by atoms with Crippen molar-refractivity contribution in [2.24, 2.45) is 5.16 Å². The number of anilines is 1. The number of esters is 1. The molecule has 2 unspecified atom stereocenters. The fourth-order valence-corrected chi connectivity index (χ4v) is 4.13. The topological polar surface area (TPSA) is 158 Å². The summed E-state index contributed by atoms with van der Waals surface area (Å²) in [4.78, 5) is 45.5. The molecule has 1 N–H and O–H groups in total. The lowest BCUT2D eigenvalue weighted by Gasteiger charge is -2.14. The lowest BCUT2D eigenvalue weighted by Crippen LogP contribution is -2.26. The van der Waals surface area contributed by atoms with E-state index in [1.165, 1.54) is 23.4 Å². The maximum Gasteiger partial charge on any atom is 0.414 e. The van der Waals surface area contributed by atoms with E-state index < -0.39 is 36.1 Å². The zero-order valence-corrected chi connectivity index (χ0v) is 20.5. The standard InChI is InChI=1S/C25H23FN6O7/c26-20-9-16(32-13-18(38-25(32)36)12-31-8-7-28-30-31)2-3-19(20)15-1-4-21(27-11-15)22-10-17(39-29-22)14-37-24(35)6-5-23(33)34/h1-4,7-9,11,17-18H,5-6,10,12-14H2,(H,33,34). The molecule has 3 aromatic rings. The minimum Gasteiger partial charge on any atom is -0.481 e. The molecule has 0 spiro atoms. The Bertz CT molecular complexity index is 1400. The van der Waals surface area contributed by atoms with Gasteiger partial charge < -0.3 is 19.4 Å². The molecule has 0 radical (unpaired) electrons. The molecule has 1 aromatic carbocycles. The van der Waals surface area contributed by atoms with Crippen LogP contribution in [0.15, 0.2) is 54.1 Å². The second-order valence-corrected chi connectivity index (χ2v) is 8.88. The molecule has 5 rings (SSSR count). The molecule has 2 aromatic heterocycles. The van der Waals surface area contributed by atoms with Crippen LogP contribution >= 0.6 is 0 Å². The number of nitrogens with zero attached hydrogens (tertiary/aromatic N) is 6. The van der Waals surface area contributed by atoms with Gasteiger partial charge in [0.15, 0.2) is 6.10 Å². The quantitative estimate of drug-likeness (QED) is 0.380. The number of carbonyl (C=O) groups is 3. The van der Waals surface area contributed by atoms with Crippen molar-refractivity contribution >= 4 is 29.4 Å². The molecule has 1 amide bonds. The Morgan fingerprint density at radius 1 is 1.18 bits per heavy atom. The highest BCUT2D eigenvalue weighted by Crippen LogP contribution is 2.29. The number of carboxylic acid groups (broad SMARTS) is 1. The predicted octanol–water partition coefficient (Wildman–Crippen LogP) is 2.41. The van der Waals surface area contributed by atoms with Crippen molar-refractivity contribution in [3.8, 4) is 11.1 Å². The fraction of sp³-hybridized carbons (Fsp3) is 0.320. The van der Waals surface area contributed by atoms with Crippen LogP contribution in [0, 0.1) is 5.82 Å². The van der Waals surface area contributed by atoms with Gasteiger partial charge in [-0.25, -0.2) is 13.9 Å². The lowest BCUT2D eigenvalue weighted by molar-refractivity contribution is -0.150. The van der Waals surface area contributed by atoms with Crippen LogP contribution in [0.4, 0.5) is 14.9 Å². The van der Waals surface area contributed by atoms with Crippen LogP contribution in [-0.2, 0) is 30.4 Å². The largest absolute Gasteiger partial charge is 0.481 e. The molecule has 1 saturated heterocycles. The first-order valence-corrected chi connectivity index (χ1v) is 12.0. The van der Waals surface area contributed by atoms with Gasteiger partial charge in [0.05, 0.1) is 43.5 Å². The Morgan fingerprint density at radius 3 is 2.77 bits per heavy atom. The molecule has 0 saturated carbocycles. The Hall–Kier alpha value is -4.88. The number of cyclic esters (lactones) is 1. The molecule has 1 fully saturated rings. The van der Waals surface area contributed by atoms with E-state index in [2.05, 4.69) is 20.5 Å². The maximum atomic E-state index is 15.1. The number of amides is 1. The minimum absolute atomic E-state index is 0.0626. The average Bonchev–Trinajstić information content (AvgIpc) is 3.68. The van der Waals surface area contributed by atoms with Gasteiger partial charge in [-0.15, -0.1) is 5.10 Å². The summed E-state index contributed by atoms with van der Waals surface area (Å²) in [6, 6.07) is 7.87. The van der Waals surface area contributed by atoms with Gasteiger partial charge in [-0.05, 0) is 24.3 Å². The number of benzene rings is 1. The smallest absolute Gasteiger partial charge is 0.414 e. The van der Waals surface area contributed by atoms with Crippen LogP contribution in [0.2, 0.25) is 0 Å². The third-order valence-corrected chi connectivity index (χ3v) is 6.08. The Kier molecular flexibility index (Phi) is 7.43. The number of aromatic nitrogens is 4. The van der Waals surface area contributed by atoms with Crippen LogP contribution in [0.1, 0.15) is 25.0 Å². The summed E-state index contributed by atoms with van der Waals surface area (Å²) >= 11 is 0. The van der Waals surface area contributed by atoms with Crippen LogP contribution in [0.3, 0.4) is 0 Å². The van der Waals surface area contributed by atoms with Gasteiger partial charge in [0.1, 0.15) is 24.2 Å². The molecule has 14 heteroatoms. The van der Waals surface area contributed by atoms with Crippen molar-refractivity contribution in [3.05, 3.63) is 60.4 Å². The number of pyridine rings is 1. The summed E-state index contributed by atoms with van der Waals surface area (Å²) in [6.07, 6.45) is 3.01. The van der Waals surface area contributed by atoms with Crippen molar-refractivity contribution in [3.63, 3.8) is 0 Å². The number of carbonyl (C=O) groups excluding carboxylic acids is 2. The Morgan fingerprint density at radius 2 is 2.05 bits per heavy atom. The molecule has 4 heterocycles. The van der Waals surface area contributed by atoms with Crippen LogP contribution in [0.5, 0.6) is 0 Å². The summed E-state index contributed by atoms with van der Waals surface area (Å²) in [5, 5.41) is 20.2. The van der Waals surface area contributed by atoms with Gasteiger partial charge in [0.25, 0.3) is 0 Å². The van der Waals surface area contributed by atoms with Gasteiger partial charge in [0, 0.05) is 29.9 Å². The van der Waals surface area contributed by atoms with Gasteiger partial charge in [-0.2, -0.15) is 0 Å². The minimum atomic E-state index is -1.08. The van der Waals surface area contributed by atoms with E-state index in [-0.39, 0.29) is 26.0 Å². The van der Waals surface area contributed by atoms with Crippen molar-refractivity contribution in [2.75, 3.05) is 18.1 Å². The number of halogens is 1. The number of aliphatic carboxylic acids is 1. The van der Waals surface area contributed by atoms with Crippen molar-refractivity contribution in [1.82, 2.24) is 20.0 Å². The van der Waals surface area contributed by atoms with Gasteiger partial charge >= 0.3 is 18.0 Å². The number of oxime groups is 1. The monoisotopic (exact) mass is 538 g/mol. The van der Waals surface area contributed by atoms with Crippen LogP contribution in [-0.4, -0.2) is 74.2 Å². The first-order valence-electron chi connectivity index (χ1n) is 12.0. The lowest BCUT2D eigenvalue weighted by atomic mass is 10.0. The van der Waals surface area contributed by atoms with Crippen LogP contribution < -0.4 is 4.90 Å². The third kappa shape index (κ3) is 6.17. The predicted molar refractivity (Wildman–Crippen MR) is 131 cm³/mol. The molecule has 2 atom stereocenters. The Balaban J connectivity index is 1.17. The van der Waals surface area contributed by atoms with E-state index in [1.54, 1.807) is 35.1 Å². The van der Waals surface area contributed by atoms with Crippen molar-refractivity contribution in [1.29, 1.82) is 0 Å². The average molecular weight is 538 g/mol. The molecular weight excluding hydrogens is 515 g/mol. The SMILES string of the molecule is O=C(O)CCC(=O)OCC1CC(c2ccc(-c3ccc(N4CC(Cn5ccnn5)OC4=O)cc3F)cn2)=NO1. The second-order valence-electron chi connectivity index (χ2n) is 8.88. The molecule has 2 aliphatic heterocycles. The number of ether oxygens (including phenoxy) is 2. The van der Waals surface area contributed by atoms with Gasteiger partial charge in [-0.1, -0.05) is 16.4 Å². The summed E-state index contributed by atoms with van der Waals surface area (Å²) in [7, 11) is 0. The van der Waals surface area contributed by atoms with E-state index in [9.17, 15) is 14.4 Å². The number of hydrogen-bond acceptors (Lipinski definition) is 10. The summed E-state index contributed by atoms with van der Waals surface area (Å²) in [5.41, 5.74) is 2.27. The molecule has 0 bridgehead atoms. The summed E-state index contributed by atoms with van der Waals surface area (Å²) in [5.74, 6) is -2.23. The van der Waals surface area contributed by atoms with E-state index >= 15 is 4.39 Å². The highest BCUT2D eigenvalue weighted by molar-refractivity contribution is 5.99. The summed E-state index contributed by atoms with van der Waals surface area (Å²) in [6.45, 7) is 0.531. The zero-order chi connectivity index (χ0) is 27.4. The second kappa shape index (κ2) is 11.2. The molecular formula is C25H23FN6O7. The number of carboxylic acids is 1. The zero-order valence-electron chi connectivity index (χ0n) is 20.5. The highest BCUT2D eigenvalue weighted by Gasteiger charge is 2.33. The van der Waals surface area contributed by atoms with Gasteiger partial charge in [-0.3, -0.25) is 19.5 Å². The van der Waals surface area contributed by atoms with E-state index in [1.807, 2.05) is 0 Å². The van der Waals surface area contributed by atoms with Crippen molar-refractivity contribution in [2.45, 2.75) is 38.0 Å². The number of rotatable bonds is 10. The molecule has 202 valence electrons. The highest BCUT2D eigenvalue weighted by atomic mass is 19.1. The molecule has 2 aliphatic rings. The van der Waals surface area contributed by atoms with E-state index in [0.717, 1.165) is 0 Å². The van der Waals surface area contributed by atoms with E-state index in [0.29, 0.717) is 41.2 Å². The first kappa shape index (κ1) is 25.8. The fourth-order valence-electron chi connectivity index (χ4n) is 4.13. The third-order valence-electron chi connectivity index (χ3n) is 6.08. The summed E-state index contributed by atoms with van der Waals surface area (Å²) < 4.78 is 27.0. The molecule has 0 aliphatic carbocycles. The van der Waals surface area contributed by atoms with E-state index in [4.69, 9.17) is 19.4 Å². The first-order chi connectivity index (χ1) is 18.9. The van der Waals surface area contributed by atoms with Crippen molar-refractivity contribution < 1.29 is 38.2 Å². The van der Waals surface area contributed by atoms with Gasteiger partial charge in [0.2, 0.25) is 0 Å². The van der Waals surface area contributed by atoms with Crippen LogP contribution in [0.25, 0.3) is 11.1 Å². The normalized spacial score (nSPS) is 18.4. The number of hydrogen-bond donors (Lipinski definition) is 1. The molecule has 39 heavy (non-hydrogen) atoms. The maximum absolute atomic E-state index is 15.1.